The lowest BCUT2D eigenvalue weighted by Gasteiger charge is -2.03. The van der Waals surface area contributed by atoms with Crippen LogP contribution in [-0.2, 0) is 6.54 Å². The molecule has 0 fully saturated rings. The fraction of sp³-hybridized carbons (Fsp3) is 0.167. The Hall–Kier alpha value is -2.34. The summed E-state index contributed by atoms with van der Waals surface area (Å²) in [4.78, 5) is 4.56. The fourth-order valence-corrected chi connectivity index (χ4v) is 1.85. The van der Waals surface area contributed by atoms with Gasteiger partial charge in [-0.15, -0.1) is 5.10 Å². The molecule has 2 aromatic heterocycles. The maximum Gasteiger partial charge on any atom is 0.200 e. The molecule has 6 nitrogen and oxygen atoms in total. The fourth-order valence-electron chi connectivity index (χ4n) is 1.85. The number of aromatic nitrogens is 5. The molecule has 3 rings (SSSR count). The van der Waals surface area contributed by atoms with Crippen LogP contribution in [0.1, 0.15) is 0 Å². The highest BCUT2D eigenvalue weighted by Crippen LogP contribution is 2.18. The first kappa shape index (κ1) is 10.8. The minimum Gasteiger partial charge on any atom is -0.329 e. The molecule has 0 saturated heterocycles. The molecule has 0 spiro atoms. The van der Waals surface area contributed by atoms with E-state index in [1.807, 2.05) is 36.4 Å². The number of hydrogen-bond donors (Lipinski definition) is 1. The van der Waals surface area contributed by atoms with Gasteiger partial charge in [0.2, 0.25) is 5.82 Å². The van der Waals surface area contributed by atoms with E-state index in [2.05, 4.69) is 20.5 Å². The largest absolute Gasteiger partial charge is 0.329 e. The van der Waals surface area contributed by atoms with E-state index in [4.69, 9.17) is 5.73 Å². The summed E-state index contributed by atoms with van der Waals surface area (Å²) in [6.07, 6.45) is 0. The van der Waals surface area contributed by atoms with Crippen molar-refractivity contribution in [1.82, 2.24) is 25.2 Å². The monoisotopic (exact) mass is 240 g/mol. The van der Waals surface area contributed by atoms with Crippen LogP contribution in [0.3, 0.4) is 0 Å². The second kappa shape index (κ2) is 4.50. The maximum atomic E-state index is 5.52. The molecule has 0 aliphatic rings. The highest BCUT2D eigenvalue weighted by Gasteiger charge is 2.09. The van der Waals surface area contributed by atoms with Gasteiger partial charge >= 0.3 is 0 Å². The Kier molecular flexibility index (Phi) is 2.70. The standard InChI is InChI=1S/C12H12N6/c13-7-8-18-12(15-16-17-18)11-6-5-9-3-1-2-4-10(9)14-11/h1-6H,7-8,13H2. The van der Waals surface area contributed by atoms with Crippen molar-refractivity contribution in [3.8, 4) is 11.5 Å². The van der Waals surface area contributed by atoms with Gasteiger partial charge in [-0.05, 0) is 22.6 Å². The summed E-state index contributed by atoms with van der Waals surface area (Å²) in [6.45, 7) is 1.07. The average molecular weight is 240 g/mol. The molecular formula is C12H12N6. The minimum atomic E-state index is 0.492. The quantitative estimate of drug-likeness (QED) is 0.733. The number of pyridine rings is 1. The van der Waals surface area contributed by atoms with Gasteiger partial charge in [0.05, 0.1) is 12.1 Å². The molecule has 2 heterocycles. The van der Waals surface area contributed by atoms with Crippen LogP contribution >= 0.6 is 0 Å². The molecule has 6 heteroatoms. The Morgan fingerprint density at radius 3 is 2.89 bits per heavy atom. The molecule has 0 amide bonds. The Labute approximate surface area is 103 Å². The van der Waals surface area contributed by atoms with Crippen molar-refractivity contribution < 1.29 is 0 Å². The molecule has 18 heavy (non-hydrogen) atoms. The molecule has 90 valence electrons. The summed E-state index contributed by atoms with van der Waals surface area (Å²) < 4.78 is 1.66. The first-order chi connectivity index (χ1) is 8.88. The number of hydrogen-bond acceptors (Lipinski definition) is 5. The van der Waals surface area contributed by atoms with Gasteiger partial charge in [-0.3, -0.25) is 0 Å². The number of tetrazole rings is 1. The van der Waals surface area contributed by atoms with Crippen LogP contribution in [0.25, 0.3) is 22.4 Å². The predicted octanol–water partition coefficient (Wildman–Crippen LogP) is 0.847. The number of rotatable bonds is 3. The molecule has 0 bridgehead atoms. The van der Waals surface area contributed by atoms with Gasteiger partial charge in [0.15, 0.2) is 0 Å². The van der Waals surface area contributed by atoms with Gasteiger partial charge in [0.1, 0.15) is 5.69 Å². The first-order valence-corrected chi connectivity index (χ1v) is 5.71. The van der Waals surface area contributed by atoms with Gasteiger partial charge in [-0.1, -0.05) is 24.3 Å². The molecule has 0 saturated carbocycles. The molecule has 2 N–H and O–H groups in total. The van der Waals surface area contributed by atoms with Crippen molar-refractivity contribution in [3.05, 3.63) is 36.4 Å². The third kappa shape index (κ3) is 1.82. The van der Waals surface area contributed by atoms with Crippen LogP contribution in [0.5, 0.6) is 0 Å². The molecule has 0 radical (unpaired) electrons. The van der Waals surface area contributed by atoms with Crippen LogP contribution in [0, 0.1) is 0 Å². The topological polar surface area (TPSA) is 82.5 Å². The van der Waals surface area contributed by atoms with Crippen LogP contribution in [0.2, 0.25) is 0 Å². The first-order valence-electron chi connectivity index (χ1n) is 5.71. The van der Waals surface area contributed by atoms with Crippen molar-refractivity contribution in [2.45, 2.75) is 6.54 Å². The third-order valence-electron chi connectivity index (χ3n) is 2.70. The number of benzene rings is 1. The van der Waals surface area contributed by atoms with Gasteiger partial charge in [-0.2, -0.15) is 0 Å². The van der Waals surface area contributed by atoms with E-state index in [-0.39, 0.29) is 0 Å². The summed E-state index contributed by atoms with van der Waals surface area (Å²) in [5.74, 6) is 0.645. The zero-order chi connectivity index (χ0) is 12.4. The molecule has 1 aromatic carbocycles. The Bertz CT molecular complexity index is 675. The predicted molar refractivity (Wildman–Crippen MR) is 67.6 cm³/mol. The van der Waals surface area contributed by atoms with Crippen molar-refractivity contribution in [2.75, 3.05) is 6.54 Å². The van der Waals surface area contributed by atoms with Crippen LogP contribution < -0.4 is 5.73 Å². The third-order valence-corrected chi connectivity index (χ3v) is 2.70. The molecular weight excluding hydrogens is 228 g/mol. The second-order valence-corrected chi connectivity index (χ2v) is 3.90. The maximum absolute atomic E-state index is 5.52. The summed E-state index contributed by atoms with van der Waals surface area (Å²) in [6, 6.07) is 11.9. The van der Waals surface area contributed by atoms with E-state index in [9.17, 15) is 0 Å². The van der Waals surface area contributed by atoms with E-state index < -0.39 is 0 Å². The summed E-state index contributed by atoms with van der Waals surface area (Å²) in [5.41, 5.74) is 7.21. The molecule has 0 unspecified atom stereocenters. The van der Waals surface area contributed by atoms with E-state index >= 15 is 0 Å². The molecule has 3 aromatic rings. The molecule has 0 aliphatic carbocycles. The van der Waals surface area contributed by atoms with Crippen molar-refractivity contribution in [1.29, 1.82) is 0 Å². The Morgan fingerprint density at radius 2 is 2.00 bits per heavy atom. The summed E-state index contributed by atoms with van der Waals surface area (Å²) in [5, 5.41) is 12.7. The summed E-state index contributed by atoms with van der Waals surface area (Å²) in [7, 11) is 0. The second-order valence-electron chi connectivity index (χ2n) is 3.90. The highest BCUT2D eigenvalue weighted by atomic mass is 15.5. The van der Waals surface area contributed by atoms with E-state index in [1.54, 1.807) is 4.68 Å². The Morgan fingerprint density at radius 1 is 1.11 bits per heavy atom. The number of nitrogens with two attached hydrogens (primary N) is 1. The average Bonchev–Trinajstić information content (AvgIpc) is 2.87. The zero-order valence-corrected chi connectivity index (χ0v) is 9.69. The normalized spacial score (nSPS) is 10.9. The number of fused-ring (bicyclic) bond motifs is 1. The highest BCUT2D eigenvalue weighted by molar-refractivity contribution is 5.80. The molecule has 0 atom stereocenters. The number of nitrogens with zero attached hydrogens (tertiary/aromatic N) is 5. The molecule has 0 aliphatic heterocycles. The van der Waals surface area contributed by atoms with Gasteiger partial charge < -0.3 is 5.73 Å². The lowest BCUT2D eigenvalue weighted by Crippen LogP contribution is -2.12. The van der Waals surface area contributed by atoms with Gasteiger partial charge in [0, 0.05) is 11.9 Å². The lowest BCUT2D eigenvalue weighted by molar-refractivity contribution is 0.602. The van der Waals surface area contributed by atoms with Gasteiger partial charge in [-0.25, -0.2) is 9.67 Å². The van der Waals surface area contributed by atoms with E-state index in [0.717, 1.165) is 16.6 Å². The summed E-state index contributed by atoms with van der Waals surface area (Å²) >= 11 is 0. The lowest BCUT2D eigenvalue weighted by atomic mass is 10.2. The number of para-hydroxylation sites is 1. The van der Waals surface area contributed by atoms with Crippen LogP contribution in [0.15, 0.2) is 36.4 Å². The zero-order valence-electron chi connectivity index (χ0n) is 9.69. The van der Waals surface area contributed by atoms with Crippen molar-refractivity contribution in [2.24, 2.45) is 5.73 Å². The van der Waals surface area contributed by atoms with Crippen LogP contribution in [0.4, 0.5) is 0 Å². The minimum absolute atomic E-state index is 0.492. The smallest absolute Gasteiger partial charge is 0.200 e. The van der Waals surface area contributed by atoms with Crippen LogP contribution in [-0.4, -0.2) is 31.7 Å². The van der Waals surface area contributed by atoms with E-state index in [0.29, 0.717) is 18.9 Å². The van der Waals surface area contributed by atoms with Gasteiger partial charge in [0.25, 0.3) is 0 Å². The Balaban J connectivity index is 2.10. The van der Waals surface area contributed by atoms with Crippen molar-refractivity contribution in [3.63, 3.8) is 0 Å². The van der Waals surface area contributed by atoms with Crippen molar-refractivity contribution >= 4 is 10.9 Å². The SMILES string of the molecule is NCCn1nnnc1-c1ccc2ccccc2n1. The van der Waals surface area contributed by atoms with E-state index in [1.165, 1.54) is 0 Å².